The molecule has 32 heteroatoms. The molecule has 32 nitrogen and oxygen atoms in total. The predicted octanol–water partition coefficient (Wildman–Crippen LogP) is 1.95. The number of amides is 12. The lowest BCUT2D eigenvalue weighted by Gasteiger charge is -2.41. The van der Waals surface area contributed by atoms with E-state index in [0.717, 1.165) is 4.90 Å². The third kappa shape index (κ3) is 25.9. The van der Waals surface area contributed by atoms with Gasteiger partial charge in [-0.25, -0.2) is 4.98 Å². The van der Waals surface area contributed by atoms with Crippen molar-refractivity contribution < 1.29 is 77.6 Å². The normalized spacial score (nSPS) is 25.3. The second-order valence-corrected chi connectivity index (χ2v) is 32.4. The minimum absolute atomic E-state index is 0.0287. The molecule has 0 aliphatic carbocycles. The molecule has 0 spiro atoms. The fourth-order valence-electron chi connectivity index (χ4n) is 14.1. The Morgan fingerprint density at radius 3 is 1.60 bits per heavy atom. The van der Waals surface area contributed by atoms with Gasteiger partial charge in [0.15, 0.2) is 0 Å². The molecule has 0 radical (unpaired) electrons. The zero-order valence-electron chi connectivity index (χ0n) is 68.9. The number of H-pyrrole nitrogens is 1. The third-order valence-electron chi connectivity index (χ3n) is 20.8. The summed E-state index contributed by atoms with van der Waals surface area (Å²) in [6.07, 6.45) is -3.09. The summed E-state index contributed by atoms with van der Waals surface area (Å²) in [7, 11) is 9.93. The number of fused-ring (bicyclic) bond motifs is 1. The Bertz CT molecular complexity index is 3470. The lowest BCUT2D eigenvalue weighted by molar-refractivity contribution is -0.157. The quantitative estimate of drug-likeness (QED) is 0.0813. The first kappa shape index (κ1) is 93.0. The molecule has 2 aliphatic heterocycles. The van der Waals surface area contributed by atoms with Crippen molar-refractivity contribution in [2.75, 3.05) is 95.1 Å². The van der Waals surface area contributed by atoms with Crippen LogP contribution >= 0.6 is 0 Å². The molecular formula is C77H130N16O16. The number of hydrogen-bond acceptors (Lipinski definition) is 18. The molecular weight excluding hydrogens is 1400 g/mol. The van der Waals surface area contributed by atoms with Crippen molar-refractivity contribution in [3.05, 3.63) is 29.6 Å². The Balaban J connectivity index is 1.83. The summed E-state index contributed by atoms with van der Waals surface area (Å²) >= 11 is 0. The van der Waals surface area contributed by atoms with Crippen LogP contribution in [0.5, 0.6) is 0 Å². The van der Waals surface area contributed by atoms with Gasteiger partial charge in [-0.1, -0.05) is 96.9 Å². The summed E-state index contributed by atoms with van der Waals surface area (Å²) in [6.45, 7) is 30.2. The van der Waals surface area contributed by atoms with Crippen LogP contribution in [-0.2, 0) is 64.0 Å². The Labute approximate surface area is 644 Å². The number of piperazine rings is 1. The van der Waals surface area contributed by atoms with Crippen LogP contribution in [0.1, 0.15) is 172 Å². The number of carbonyl (C=O) groups is 13. The first-order valence-electron chi connectivity index (χ1n) is 38.6. The van der Waals surface area contributed by atoms with Gasteiger partial charge < -0.3 is 81.2 Å². The molecule has 109 heavy (non-hydrogen) atoms. The molecule has 0 saturated carbocycles. The van der Waals surface area contributed by atoms with Gasteiger partial charge in [0.2, 0.25) is 65.0 Å². The monoisotopic (exact) mass is 1530 g/mol. The lowest BCUT2D eigenvalue weighted by Crippen LogP contribution is -2.63. The van der Waals surface area contributed by atoms with Crippen LogP contribution < -0.4 is 26.6 Å². The number of likely N-dealkylation sites (N-methyl/N-ethyl adjacent to an activating group) is 7. The van der Waals surface area contributed by atoms with Crippen LogP contribution in [0.2, 0.25) is 0 Å². The highest BCUT2D eigenvalue weighted by atomic mass is 16.4. The number of carboxylic acids is 1. The van der Waals surface area contributed by atoms with Gasteiger partial charge >= 0.3 is 5.97 Å². The summed E-state index contributed by atoms with van der Waals surface area (Å²) < 4.78 is 0. The zero-order valence-corrected chi connectivity index (χ0v) is 68.9. The first-order valence-corrected chi connectivity index (χ1v) is 38.6. The van der Waals surface area contributed by atoms with Crippen molar-refractivity contribution in [1.29, 1.82) is 0 Å². The largest absolute Gasteiger partial charge is 0.481 e. The van der Waals surface area contributed by atoms with E-state index in [4.69, 9.17) is 10.1 Å². The zero-order chi connectivity index (χ0) is 82.7. The lowest BCUT2D eigenvalue weighted by atomic mass is 9.91. The summed E-state index contributed by atoms with van der Waals surface area (Å²) in [5.74, 6) is -11.2. The molecule has 1 aromatic carbocycles. The van der Waals surface area contributed by atoms with E-state index in [9.17, 15) is 53.4 Å². The van der Waals surface area contributed by atoms with E-state index in [1.807, 2.05) is 55.4 Å². The summed E-state index contributed by atoms with van der Waals surface area (Å²) in [6, 6.07) is -7.96. The number of hydrogen-bond donors (Lipinski definition) is 9. The van der Waals surface area contributed by atoms with E-state index < -0.39 is 162 Å². The fraction of sp³-hybridized carbons (Fsp3) is 0.740. The second kappa shape index (κ2) is 42.2. The molecule has 2 saturated heterocycles. The highest BCUT2D eigenvalue weighted by Gasteiger charge is 2.46. The van der Waals surface area contributed by atoms with Gasteiger partial charge in [0.25, 0.3) is 5.91 Å². The number of rotatable bonds is 22. The van der Waals surface area contributed by atoms with Crippen LogP contribution in [0.25, 0.3) is 11.0 Å². The van der Waals surface area contributed by atoms with Gasteiger partial charge in [0, 0.05) is 100.0 Å². The number of nitrogens with zero attached hydrogens (tertiary/aromatic N) is 10. The van der Waals surface area contributed by atoms with Crippen LogP contribution in [0, 0.1) is 41.4 Å². The molecule has 1 aromatic heterocycles. The standard InChI is InChI=1S/C77H130N16O16/c1-24-52-73(105)85(17)41-61(95)86(18)55(35-42(2)3)70(102)84-63(46(10)11)76(108)87(19)56(36-43(4)5)69(101)79-49(15)67(99)80-50(16)72(104)88(20)57(37-44(6)7)74(106)89(21)58(38-45(8)9)75(107)90(22)64(47(12)13)77(109)91(23)65(71(103)83-52)66(98)48(14)39-59-81-53-26-25-51(40-54(53)82-59)68(100)78-29-30-92-31-33-93(34-32-92)60(94)27-28-62(96)97/h25-26,40,42-50,52,55-58,61,63-66,95,98H,24,27-39,41H2,1-23H3,(H,78,100)(H,79,101)(H,80,99)(H,81,82)(H,83,103)(H,84,102)(H,96,97). The van der Waals surface area contributed by atoms with Gasteiger partial charge in [-0.2, -0.15) is 0 Å². The van der Waals surface area contributed by atoms with E-state index in [2.05, 4.69) is 36.5 Å². The van der Waals surface area contributed by atoms with Gasteiger partial charge in [0.1, 0.15) is 66.4 Å². The maximum absolute atomic E-state index is 15.6. The SMILES string of the molecule is CCC1NC(=O)C(C(O)C(C)Cc2nc3ccc(C(=O)NCCN4CCN(C(=O)CCC(=O)O)CC4)cc3[nH]2)N(C)C(=O)C(C(C)C)N(C)C(=O)C(CC(C)C)N(C)C(=O)C(CC(C)C)N(C)C(=O)C(C)NC(=O)C(C)NC(=O)C(CC(C)C)N(C)C(=O)C(C(C)C)NC(=O)C(CC(C)C)N(C)C(O)CN(C)C1=O. The summed E-state index contributed by atoms with van der Waals surface area (Å²) in [5, 5.41) is 47.8. The molecule has 2 aromatic rings. The fourth-order valence-corrected chi connectivity index (χ4v) is 14.1. The average molecular weight is 1540 g/mol. The number of carbonyl (C=O) groups excluding carboxylic acids is 12. The van der Waals surface area contributed by atoms with Crippen molar-refractivity contribution in [2.45, 2.75) is 235 Å². The Morgan fingerprint density at radius 2 is 1.06 bits per heavy atom. The van der Waals surface area contributed by atoms with Gasteiger partial charge in [-0.15, -0.1) is 0 Å². The van der Waals surface area contributed by atoms with Crippen molar-refractivity contribution in [1.82, 2.24) is 80.7 Å². The highest BCUT2D eigenvalue weighted by molar-refractivity contribution is 6.00. The van der Waals surface area contributed by atoms with Crippen molar-refractivity contribution in [3.63, 3.8) is 0 Å². The van der Waals surface area contributed by atoms with Crippen LogP contribution in [0.4, 0.5) is 0 Å². The maximum Gasteiger partial charge on any atom is 0.303 e. The molecule has 4 rings (SSSR count). The van der Waals surface area contributed by atoms with Crippen LogP contribution in [0.3, 0.4) is 0 Å². The minimum atomic E-state index is -1.78. The number of carboxylic acid groups (broad SMARTS) is 1. The van der Waals surface area contributed by atoms with E-state index in [1.54, 1.807) is 64.6 Å². The third-order valence-corrected chi connectivity index (χ3v) is 20.8. The molecule has 13 atom stereocenters. The van der Waals surface area contributed by atoms with Crippen LogP contribution in [0.15, 0.2) is 18.2 Å². The summed E-state index contributed by atoms with van der Waals surface area (Å²) in [5.41, 5.74) is 1.27. The second-order valence-electron chi connectivity index (χ2n) is 32.4. The molecule has 0 bridgehead atoms. The van der Waals surface area contributed by atoms with Crippen molar-refractivity contribution >= 4 is 87.9 Å². The predicted molar refractivity (Wildman–Crippen MR) is 412 cm³/mol. The minimum Gasteiger partial charge on any atom is -0.481 e. The molecule has 3 heterocycles. The average Bonchev–Trinajstić information content (AvgIpc) is 1.77. The van der Waals surface area contributed by atoms with E-state index >= 15 is 19.2 Å². The Kier molecular flexibility index (Phi) is 36.0. The molecule has 2 aliphatic rings. The number of benzene rings is 1. The number of nitrogens with one attached hydrogen (secondary N) is 6. The number of aromatic amines is 1. The van der Waals surface area contributed by atoms with Crippen molar-refractivity contribution in [3.8, 4) is 0 Å². The molecule has 13 unspecified atom stereocenters. The van der Waals surface area contributed by atoms with E-state index in [0.29, 0.717) is 61.7 Å². The van der Waals surface area contributed by atoms with E-state index in [-0.39, 0.29) is 86.9 Å². The smallest absolute Gasteiger partial charge is 0.303 e. The number of imidazole rings is 1. The number of aliphatic carboxylic acids is 1. The number of aromatic nitrogens is 2. The molecule has 2 fully saturated rings. The molecule has 9 N–H and O–H groups in total. The topological polar surface area (TPSA) is 401 Å². The van der Waals surface area contributed by atoms with Gasteiger partial charge in [-0.3, -0.25) is 72.1 Å². The first-order chi connectivity index (χ1) is 50.8. The maximum atomic E-state index is 15.6. The van der Waals surface area contributed by atoms with Gasteiger partial charge in [-0.05, 0) is 113 Å². The van der Waals surface area contributed by atoms with E-state index in [1.165, 1.54) is 92.6 Å². The van der Waals surface area contributed by atoms with Crippen LogP contribution in [-0.4, -0.2) is 314 Å². The van der Waals surface area contributed by atoms with Crippen molar-refractivity contribution in [2.24, 2.45) is 41.4 Å². The Hall–Kier alpha value is -8.36. The summed E-state index contributed by atoms with van der Waals surface area (Å²) in [4.78, 5) is 206. The van der Waals surface area contributed by atoms with Gasteiger partial charge in [0.05, 0.1) is 36.1 Å². The highest BCUT2D eigenvalue weighted by Crippen LogP contribution is 2.27. The number of β-amino-alcohol motifs (C(OH)–C–C–N with tert-alkyl or cyclic N) is 1. The Morgan fingerprint density at radius 1 is 0.560 bits per heavy atom. The number of aliphatic hydroxyl groups excluding tert-OH is 2. The number of aliphatic hydroxyl groups is 2. The molecule has 614 valence electrons. The molecule has 12 amide bonds.